The molecule has 1 atom stereocenters. The fraction of sp³-hybridized carbons (Fsp3) is 0.308. The number of aliphatic hydroxyl groups excluding tert-OH is 1. The minimum absolute atomic E-state index is 0.0181. The molecule has 0 saturated carbocycles. The van der Waals surface area contributed by atoms with Crippen LogP contribution in [-0.2, 0) is 44.4 Å². The molecule has 2 aliphatic heterocycles. The number of anilines is 2. The minimum atomic E-state index is -3.86. The first-order valence-electron chi connectivity index (χ1n) is 34.9. The van der Waals surface area contributed by atoms with Gasteiger partial charge in [-0.3, -0.25) is 14.3 Å². The highest BCUT2D eigenvalue weighted by Crippen LogP contribution is 2.34. The van der Waals surface area contributed by atoms with Crippen LogP contribution < -0.4 is 43.3 Å². The number of hydrogen-bond acceptors (Lipinski definition) is 21. The number of amides is 2. The third kappa shape index (κ3) is 21.7. The number of piperidine rings is 2. The summed E-state index contributed by atoms with van der Waals surface area (Å²) in [4.78, 5) is 52.1. The summed E-state index contributed by atoms with van der Waals surface area (Å²) in [6.07, 6.45) is 7.70. The monoisotopic (exact) mass is 1560 g/mol. The van der Waals surface area contributed by atoms with Gasteiger partial charge in [-0.15, -0.1) is 11.3 Å². The molecule has 108 heavy (non-hydrogen) atoms. The van der Waals surface area contributed by atoms with Crippen molar-refractivity contribution in [2.75, 3.05) is 75.5 Å². The van der Waals surface area contributed by atoms with Gasteiger partial charge in [-0.25, -0.2) is 45.9 Å². The summed E-state index contributed by atoms with van der Waals surface area (Å²) < 4.78 is 99.2. The molecule has 2 aliphatic rings. The van der Waals surface area contributed by atoms with E-state index >= 15 is 0 Å². The van der Waals surface area contributed by atoms with Crippen LogP contribution in [0.1, 0.15) is 93.6 Å². The van der Waals surface area contributed by atoms with Crippen LogP contribution in [0.3, 0.4) is 0 Å². The number of rotatable bonds is 25. The molecule has 0 spiro atoms. The van der Waals surface area contributed by atoms with E-state index in [-0.39, 0.29) is 63.9 Å². The molecule has 30 heteroatoms. The van der Waals surface area contributed by atoms with E-state index in [0.29, 0.717) is 67.9 Å². The number of nitrogens with one attached hydrogen (secondary N) is 3. The number of methoxy groups -OCH3 is 2. The molecule has 0 aliphatic carbocycles. The summed E-state index contributed by atoms with van der Waals surface area (Å²) in [5, 5.41) is 23.6. The quantitative estimate of drug-likeness (QED) is 0.0413. The van der Waals surface area contributed by atoms with Crippen molar-refractivity contribution in [3.05, 3.63) is 230 Å². The van der Waals surface area contributed by atoms with Gasteiger partial charge in [-0.2, -0.15) is 10.2 Å². The van der Waals surface area contributed by atoms with E-state index in [1.54, 1.807) is 84.0 Å². The summed E-state index contributed by atoms with van der Waals surface area (Å²) in [6, 6.07) is 49.4. The van der Waals surface area contributed by atoms with E-state index in [2.05, 4.69) is 51.7 Å². The highest BCUT2D eigenvalue weighted by Gasteiger charge is 2.28. The third-order valence-corrected chi connectivity index (χ3v) is 23.2. The van der Waals surface area contributed by atoms with Gasteiger partial charge in [-0.1, -0.05) is 95.7 Å². The number of carbonyl (C=O) groups excluding carboxylic acids is 2. The average molecular weight is 1560 g/mol. The molecular formula is C78H84ClFN12O12S4. The zero-order valence-electron chi connectivity index (χ0n) is 60.4. The SMILES string of the molecule is CCOc1ncc(NS(=O)(=O)c2ccc(OC)c(C)c2C)c(OCC)n1.COc1ccc(CCS(=O)(=O)NCc2ccc(C(O)c3ccccc3)s2)cc1.N#Cc1cccnc1OC1CCN(C(=O)Cn2cnc3ccccc32)CC1.O=C(NCC1CCN(c2nc3ccccc3s2)CC1)c1c(F)cccc1Cl. The van der Waals surface area contributed by atoms with Gasteiger partial charge in [0.05, 0.1) is 82.4 Å². The molecule has 5 aromatic heterocycles. The van der Waals surface area contributed by atoms with Crippen molar-refractivity contribution in [1.29, 1.82) is 5.26 Å². The van der Waals surface area contributed by atoms with Crippen LogP contribution in [0.2, 0.25) is 5.02 Å². The zero-order chi connectivity index (χ0) is 76.7. The molecule has 2 fully saturated rings. The standard InChI is InChI=1S/C21H23NO4S2.C20H19ClFN3OS.C20H19N5O2.C17H23N3O5S/c1-26-18-9-7-16(8-10-18)13-14-28(24,25)22-15-19-11-12-20(27-19)21(23)17-5-3-2-4-6-17;21-14-4-3-5-15(22)18(14)19(26)23-12-13-8-10-25(11-9-13)20-24-16-6-1-2-7-17(16)27-20;21-12-15-4-3-9-22-20(15)27-16-7-10-24(11-8-16)19(26)13-25-14-23-17-5-1-2-6-18(17)25;1-6-24-16-13(10-18-17(19-16)25-7-2)20-26(21,22)15-9-8-14(23-5)11(3)12(15)4/h2-12,21-23H,13-15H2,1H3;1-7,13H,8-12H2,(H,23,26);1-6,9,14,16H,7-8,10-11,13H2;8-10,20H,6-7H2,1-5H3. The number of halogens is 2. The number of thiophene rings is 1. The first-order valence-corrected chi connectivity index (χ1v) is 40.0. The summed E-state index contributed by atoms with van der Waals surface area (Å²) in [5.41, 5.74) is 6.49. The lowest BCUT2D eigenvalue weighted by molar-refractivity contribution is -0.133. The smallest absolute Gasteiger partial charge is 0.319 e. The van der Waals surface area contributed by atoms with E-state index < -0.39 is 37.9 Å². The number of benzene rings is 6. The molecule has 13 rings (SSSR count). The number of thiazole rings is 1. The highest BCUT2D eigenvalue weighted by molar-refractivity contribution is 7.92. The van der Waals surface area contributed by atoms with Crippen molar-refractivity contribution in [1.82, 2.24) is 44.4 Å². The molecule has 0 bridgehead atoms. The predicted octanol–water partition coefficient (Wildman–Crippen LogP) is 13.3. The molecule has 566 valence electrons. The third-order valence-electron chi connectivity index (χ3n) is 17.8. The molecule has 2 amide bonds. The summed E-state index contributed by atoms with van der Waals surface area (Å²) >= 11 is 9.07. The Labute approximate surface area is 640 Å². The molecule has 2 saturated heterocycles. The van der Waals surface area contributed by atoms with Gasteiger partial charge in [0.2, 0.25) is 27.7 Å². The van der Waals surface area contributed by atoms with Crippen LogP contribution in [0.5, 0.6) is 29.3 Å². The number of aromatic nitrogens is 6. The summed E-state index contributed by atoms with van der Waals surface area (Å²) in [6.45, 7) is 11.9. The van der Waals surface area contributed by atoms with Crippen molar-refractivity contribution >= 4 is 98.2 Å². The normalized spacial score (nSPS) is 13.5. The Balaban J connectivity index is 0.000000154. The number of nitriles is 1. The Kier molecular flexibility index (Phi) is 28.6. The fourth-order valence-electron chi connectivity index (χ4n) is 11.8. The Bertz CT molecular complexity index is 5060. The van der Waals surface area contributed by atoms with Crippen molar-refractivity contribution in [3.63, 3.8) is 0 Å². The van der Waals surface area contributed by atoms with Gasteiger partial charge in [-0.05, 0) is 160 Å². The maximum Gasteiger partial charge on any atom is 0.319 e. The second kappa shape index (κ2) is 38.5. The molecular weight excluding hydrogens is 1480 g/mol. The molecule has 0 radical (unpaired) electrons. The number of sulfonamides is 2. The van der Waals surface area contributed by atoms with E-state index in [9.17, 15) is 35.9 Å². The molecule has 11 aromatic rings. The highest BCUT2D eigenvalue weighted by atomic mass is 35.5. The maximum absolute atomic E-state index is 13.8. The van der Waals surface area contributed by atoms with Gasteiger partial charge in [0.1, 0.15) is 53.4 Å². The first kappa shape index (κ1) is 80.2. The molecule has 6 aromatic carbocycles. The number of carbonyl (C=O) groups is 2. The Morgan fingerprint density at radius 3 is 2.18 bits per heavy atom. The van der Waals surface area contributed by atoms with E-state index in [1.165, 1.54) is 46.5 Å². The maximum atomic E-state index is 13.8. The number of para-hydroxylation sites is 3. The van der Waals surface area contributed by atoms with Gasteiger partial charge in [0.25, 0.3) is 15.9 Å². The van der Waals surface area contributed by atoms with Crippen LogP contribution in [0.4, 0.5) is 15.2 Å². The number of ether oxygens (including phenoxy) is 5. The second-order valence-corrected chi connectivity index (χ2v) is 31.1. The number of nitrogens with zero attached hydrogens (tertiary/aromatic N) is 9. The van der Waals surface area contributed by atoms with E-state index in [1.807, 2.05) is 119 Å². The first-order chi connectivity index (χ1) is 52.2. The average Bonchev–Trinajstić information content (AvgIpc) is 1.28. The largest absolute Gasteiger partial charge is 0.497 e. The van der Waals surface area contributed by atoms with Crippen LogP contribution in [0.15, 0.2) is 181 Å². The van der Waals surface area contributed by atoms with Crippen LogP contribution in [0, 0.1) is 36.9 Å². The number of hydrogen-bond donors (Lipinski definition) is 4. The van der Waals surface area contributed by atoms with Crippen molar-refractivity contribution in [2.45, 2.75) is 90.0 Å². The summed E-state index contributed by atoms with van der Waals surface area (Å²) in [5.74, 6) is 1.27. The van der Waals surface area contributed by atoms with Gasteiger partial charge in [0.15, 0.2) is 5.13 Å². The number of fused-ring (bicyclic) bond motifs is 2. The number of aryl methyl sites for hydroxylation is 1. The van der Waals surface area contributed by atoms with Crippen molar-refractivity contribution in [2.24, 2.45) is 5.92 Å². The number of pyridine rings is 1. The van der Waals surface area contributed by atoms with Gasteiger partial charge < -0.3 is 48.5 Å². The molecule has 1 unspecified atom stereocenters. The van der Waals surface area contributed by atoms with Crippen LogP contribution in [-0.4, -0.2) is 140 Å². The van der Waals surface area contributed by atoms with Crippen molar-refractivity contribution in [3.8, 4) is 35.3 Å². The van der Waals surface area contributed by atoms with Crippen molar-refractivity contribution < 1.29 is 59.6 Å². The van der Waals surface area contributed by atoms with E-state index in [4.69, 9.17) is 45.5 Å². The minimum Gasteiger partial charge on any atom is -0.497 e. The van der Waals surface area contributed by atoms with Gasteiger partial charge >= 0.3 is 6.01 Å². The summed E-state index contributed by atoms with van der Waals surface area (Å²) in [7, 11) is -4.12. The fourth-order valence-corrected chi connectivity index (χ4v) is 16.5. The number of likely N-dealkylation sites (tertiary alicyclic amines) is 1. The number of aliphatic hydroxyl groups is 1. The topological polar surface area (TPSA) is 305 Å². The predicted molar refractivity (Wildman–Crippen MR) is 417 cm³/mol. The van der Waals surface area contributed by atoms with E-state index in [0.717, 1.165) is 92.6 Å². The Morgan fingerprint density at radius 1 is 0.750 bits per heavy atom. The lowest BCUT2D eigenvalue weighted by Crippen LogP contribution is -2.43. The number of imidazole rings is 1. The van der Waals surface area contributed by atoms with Gasteiger partial charge in [0, 0.05) is 68.1 Å². The molecule has 24 nitrogen and oxygen atoms in total. The zero-order valence-corrected chi connectivity index (χ0v) is 64.5. The molecule has 4 N–H and O–H groups in total. The van der Waals surface area contributed by atoms with Crippen LogP contribution >= 0.6 is 34.3 Å². The Morgan fingerprint density at radius 2 is 1.47 bits per heavy atom. The molecule has 7 heterocycles. The lowest BCUT2D eigenvalue weighted by atomic mass is 9.97. The second-order valence-electron chi connectivity index (χ2n) is 24.9. The lowest BCUT2D eigenvalue weighted by Gasteiger charge is -2.32. The van der Waals surface area contributed by atoms with Crippen LogP contribution in [0.25, 0.3) is 21.3 Å². The Hall–Kier alpha value is -10.3.